The van der Waals surface area contributed by atoms with Gasteiger partial charge in [0.05, 0.1) is 17.7 Å². The van der Waals surface area contributed by atoms with Gasteiger partial charge in [-0.3, -0.25) is 20.4 Å². The smallest absolute Gasteiger partial charge is 0.387 e. The fourth-order valence-corrected chi connectivity index (χ4v) is 2.30. The lowest BCUT2D eigenvalue weighted by atomic mass is 10.1. The molecule has 0 aromatic heterocycles. The topological polar surface area (TPSA) is 76.7 Å². The van der Waals surface area contributed by atoms with E-state index in [1.807, 2.05) is 0 Å². The molecule has 0 radical (unpaired) electrons. The van der Waals surface area contributed by atoms with Gasteiger partial charge < -0.3 is 9.47 Å². The highest BCUT2D eigenvalue weighted by molar-refractivity contribution is 6.33. The van der Waals surface area contributed by atoms with E-state index in [1.165, 1.54) is 37.5 Å². The van der Waals surface area contributed by atoms with Crippen LogP contribution in [-0.4, -0.2) is 25.5 Å². The molecule has 0 aliphatic heterocycles. The molecule has 142 valence electrons. The van der Waals surface area contributed by atoms with Crippen LogP contribution in [0.1, 0.15) is 15.9 Å². The summed E-state index contributed by atoms with van der Waals surface area (Å²) >= 11 is 5.89. The molecule has 6 nitrogen and oxygen atoms in total. The summed E-state index contributed by atoms with van der Waals surface area (Å²) in [7, 11) is 1.30. The summed E-state index contributed by atoms with van der Waals surface area (Å²) in [4.78, 5) is 23.8. The number of ether oxygens (including phenoxy) is 2. The fraction of sp³-hybridized carbons (Fsp3) is 0.111. The molecule has 0 fully saturated rings. The summed E-state index contributed by atoms with van der Waals surface area (Å²) < 4.78 is 34.6. The van der Waals surface area contributed by atoms with Crippen LogP contribution in [0.3, 0.4) is 0 Å². The maximum absolute atomic E-state index is 12.6. The number of benzene rings is 2. The first-order valence-corrected chi connectivity index (χ1v) is 7.95. The average molecular weight is 397 g/mol. The number of hydrogen-bond acceptors (Lipinski definition) is 4. The van der Waals surface area contributed by atoms with Crippen LogP contribution in [0.25, 0.3) is 6.08 Å². The quantitative estimate of drug-likeness (QED) is 0.579. The van der Waals surface area contributed by atoms with Crippen LogP contribution < -0.4 is 20.3 Å². The second-order valence-electron chi connectivity index (χ2n) is 5.01. The maximum Gasteiger partial charge on any atom is 0.387 e. The summed E-state index contributed by atoms with van der Waals surface area (Å²) in [5, 5.41) is 0.227. The zero-order valence-electron chi connectivity index (χ0n) is 14.0. The molecule has 0 aliphatic carbocycles. The lowest BCUT2D eigenvalue weighted by molar-refractivity contribution is -0.117. The molecule has 2 aromatic rings. The van der Waals surface area contributed by atoms with Crippen LogP contribution in [0.15, 0.2) is 48.5 Å². The van der Waals surface area contributed by atoms with Gasteiger partial charge in [0.15, 0.2) is 11.5 Å². The third-order valence-electron chi connectivity index (χ3n) is 3.27. The number of carbonyl (C=O) groups excluding carboxylic acids is 2. The molecule has 0 saturated carbocycles. The van der Waals surface area contributed by atoms with Gasteiger partial charge in [-0.15, -0.1) is 0 Å². The zero-order valence-corrected chi connectivity index (χ0v) is 14.8. The Hall–Kier alpha value is -3.13. The van der Waals surface area contributed by atoms with Crippen molar-refractivity contribution in [2.45, 2.75) is 6.61 Å². The molecule has 0 heterocycles. The van der Waals surface area contributed by atoms with Gasteiger partial charge in [0.25, 0.3) is 11.8 Å². The van der Waals surface area contributed by atoms with Gasteiger partial charge in [-0.2, -0.15) is 8.78 Å². The van der Waals surface area contributed by atoms with E-state index < -0.39 is 18.4 Å². The minimum atomic E-state index is -3.06. The summed E-state index contributed by atoms with van der Waals surface area (Å²) in [6.45, 7) is -3.06. The lowest BCUT2D eigenvalue weighted by Crippen LogP contribution is -2.40. The van der Waals surface area contributed by atoms with E-state index in [9.17, 15) is 18.4 Å². The summed E-state index contributed by atoms with van der Waals surface area (Å²) in [5.41, 5.74) is 4.74. The molecule has 2 amide bonds. The normalized spacial score (nSPS) is 10.7. The largest absolute Gasteiger partial charge is 0.493 e. The van der Waals surface area contributed by atoms with Crippen molar-refractivity contribution >= 4 is 29.5 Å². The SMILES string of the molecule is COc1cccc(/C=C/C(=O)NNC(=O)c2ccccc2Cl)c1OC(F)F. The third-order valence-corrected chi connectivity index (χ3v) is 3.60. The molecule has 0 atom stereocenters. The van der Waals surface area contributed by atoms with Crippen LogP contribution in [0, 0.1) is 0 Å². The van der Waals surface area contributed by atoms with E-state index in [1.54, 1.807) is 18.2 Å². The number of hydrazine groups is 1. The Bertz CT molecular complexity index is 859. The Morgan fingerprint density at radius 3 is 2.52 bits per heavy atom. The number of nitrogens with one attached hydrogen (secondary N) is 2. The van der Waals surface area contributed by atoms with Crippen LogP contribution in [-0.2, 0) is 4.79 Å². The molecule has 2 rings (SSSR count). The standard InChI is InChI=1S/C18H15ClF2N2O4/c1-26-14-8-4-5-11(16(14)27-18(20)21)9-10-15(24)22-23-17(25)12-6-2-3-7-13(12)19/h2-10,18H,1H3,(H,22,24)(H,23,25)/b10-9+. The predicted molar refractivity (Wildman–Crippen MR) is 95.7 cm³/mol. The van der Waals surface area contributed by atoms with Crippen LogP contribution >= 0.6 is 11.6 Å². The predicted octanol–water partition coefficient (Wildman–Crippen LogP) is 3.42. The highest BCUT2D eigenvalue weighted by Gasteiger charge is 2.14. The van der Waals surface area contributed by atoms with Gasteiger partial charge in [0, 0.05) is 11.6 Å². The van der Waals surface area contributed by atoms with Crippen molar-refractivity contribution in [3.8, 4) is 11.5 Å². The van der Waals surface area contributed by atoms with E-state index in [0.717, 1.165) is 6.08 Å². The molecular formula is C18H15ClF2N2O4. The second-order valence-corrected chi connectivity index (χ2v) is 5.42. The number of carbonyl (C=O) groups is 2. The first-order valence-electron chi connectivity index (χ1n) is 7.57. The minimum Gasteiger partial charge on any atom is -0.493 e. The van der Waals surface area contributed by atoms with Gasteiger partial charge in [-0.25, -0.2) is 0 Å². The number of hydrogen-bond donors (Lipinski definition) is 2. The number of halogens is 3. The average Bonchev–Trinajstić information content (AvgIpc) is 2.65. The molecule has 0 unspecified atom stereocenters. The monoisotopic (exact) mass is 396 g/mol. The van der Waals surface area contributed by atoms with Gasteiger partial charge in [0.1, 0.15) is 0 Å². The Morgan fingerprint density at radius 1 is 1.11 bits per heavy atom. The second kappa shape index (κ2) is 9.54. The summed E-state index contributed by atoms with van der Waals surface area (Å²) in [6.07, 6.45) is 2.29. The van der Waals surface area contributed by atoms with Gasteiger partial charge in [-0.1, -0.05) is 35.9 Å². The Morgan fingerprint density at radius 2 is 1.85 bits per heavy atom. The van der Waals surface area contributed by atoms with E-state index in [0.29, 0.717) is 0 Å². The van der Waals surface area contributed by atoms with Crippen LogP contribution in [0.2, 0.25) is 5.02 Å². The molecule has 2 N–H and O–H groups in total. The molecule has 9 heteroatoms. The van der Waals surface area contributed by atoms with Gasteiger partial charge >= 0.3 is 6.61 Å². The molecule has 0 aliphatic rings. The highest BCUT2D eigenvalue weighted by Crippen LogP contribution is 2.33. The molecule has 0 bridgehead atoms. The van der Waals surface area contributed by atoms with Crippen molar-refractivity contribution in [3.05, 3.63) is 64.7 Å². The van der Waals surface area contributed by atoms with Gasteiger partial charge in [-0.05, 0) is 24.3 Å². The number of rotatable bonds is 6. The van der Waals surface area contributed by atoms with Crippen molar-refractivity contribution in [2.24, 2.45) is 0 Å². The van der Waals surface area contributed by atoms with E-state index >= 15 is 0 Å². The van der Waals surface area contributed by atoms with Crippen molar-refractivity contribution in [1.29, 1.82) is 0 Å². The first-order chi connectivity index (χ1) is 12.9. The van der Waals surface area contributed by atoms with Crippen molar-refractivity contribution in [3.63, 3.8) is 0 Å². The highest BCUT2D eigenvalue weighted by atomic mass is 35.5. The van der Waals surface area contributed by atoms with Crippen molar-refractivity contribution < 1.29 is 27.8 Å². The summed E-state index contributed by atoms with van der Waals surface area (Å²) in [6, 6.07) is 10.8. The Kier molecular flexibility index (Phi) is 7.13. The number of alkyl halides is 2. The molecule has 0 spiro atoms. The summed E-state index contributed by atoms with van der Waals surface area (Å²) in [5.74, 6) is -1.42. The number of methoxy groups -OCH3 is 1. The van der Waals surface area contributed by atoms with Crippen LogP contribution in [0.4, 0.5) is 8.78 Å². The fourth-order valence-electron chi connectivity index (χ4n) is 2.08. The molecule has 27 heavy (non-hydrogen) atoms. The molecule has 0 saturated heterocycles. The Balaban J connectivity index is 2.04. The van der Waals surface area contributed by atoms with E-state index in [4.69, 9.17) is 16.3 Å². The van der Waals surface area contributed by atoms with E-state index in [2.05, 4.69) is 15.6 Å². The lowest BCUT2D eigenvalue weighted by Gasteiger charge is -2.12. The molecular weight excluding hydrogens is 382 g/mol. The van der Waals surface area contributed by atoms with Crippen molar-refractivity contribution in [1.82, 2.24) is 10.9 Å². The van der Waals surface area contributed by atoms with E-state index in [-0.39, 0.29) is 27.6 Å². The number of para-hydroxylation sites is 1. The Labute approximate surface area is 158 Å². The maximum atomic E-state index is 12.6. The minimum absolute atomic E-state index is 0.0879. The van der Waals surface area contributed by atoms with Crippen LogP contribution in [0.5, 0.6) is 11.5 Å². The first kappa shape index (κ1) is 20.2. The zero-order chi connectivity index (χ0) is 19.8. The van der Waals surface area contributed by atoms with Crippen molar-refractivity contribution in [2.75, 3.05) is 7.11 Å². The van der Waals surface area contributed by atoms with Gasteiger partial charge in [0.2, 0.25) is 0 Å². The number of amides is 2. The molecule has 2 aromatic carbocycles. The third kappa shape index (κ3) is 5.68.